The number of aliphatic imine (C=N–C) groups is 4. The highest BCUT2D eigenvalue weighted by molar-refractivity contribution is 5.38. The fourth-order valence-electron chi connectivity index (χ4n) is 1.95. The molecule has 0 aromatic rings. The molecule has 0 N–H and O–H groups in total. The van der Waals surface area contributed by atoms with Gasteiger partial charge in [0.2, 0.25) is 24.3 Å². The van der Waals surface area contributed by atoms with Gasteiger partial charge in [-0.3, -0.25) is 0 Å². The number of hydrogen-bond donors (Lipinski definition) is 0. The van der Waals surface area contributed by atoms with Crippen LogP contribution in [0.2, 0.25) is 0 Å². The zero-order valence-corrected chi connectivity index (χ0v) is 9.15. The predicted octanol–water partition coefficient (Wildman–Crippen LogP) is 0.00800. The lowest BCUT2D eigenvalue weighted by Gasteiger charge is -2.38. The summed E-state index contributed by atoms with van der Waals surface area (Å²) in [4.78, 5) is 54.3. The quantitative estimate of drug-likeness (QED) is 0.485. The molecule has 18 heavy (non-hydrogen) atoms. The van der Waals surface area contributed by atoms with Crippen molar-refractivity contribution < 1.29 is 19.2 Å². The smallest absolute Gasteiger partial charge is 0.211 e. The Morgan fingerprint density at radius 3 is 1.11 bits per heavy atom. The number of carbonyl (C=O) groups excluding carboxylic acids is 4. The maximum Gasteiger partial charge on any atom is 0.237 e. The zero-order valence-electron chi connectivity index (χ0n) is 9.15. The lowest BCUT2D eigenvalue weighted by molar-refractivity contribution is 0.121. The molecule has 1 aliphatic carbocycles. The Bertz CT molecular complexity index is 412. The van der Waals surface area contributed by atoms with Crippen molar-refractivity contribution in [3.8, 4) is 0 Å². The van der Waals surface area contributed by atoms with Crippen LogP contribution in [0.4, 0.5) is 0 Å². The summed E-state index contributed by atoms with van der Waals surface area (Å²) in [6.45, 7) is 0. The molecule has 0 saturated heterocycles. The number of isocyanates is 4. The third kappa shape index (κ3) is 3.01. The van der Waals surface area contributed by atoms with E-state index in [1.807, 2.05) is 0 Å². The summed E-state index contributed by atoms with van der Waals surface area (Å²) in [5.41, 5.74) is 0. The molecule has 2 atom stereocenters. The summed E-state index contributed by atoms with van der Waals surface area (Å²) in [5, 5.41) is 0. The van der Waals surface area contributed by atoms with Gasteiger partial charge >= 0.3 is 0 Å². The predicted molar refractivity (Wildman–Crippen MR) is 56.3 cm³/mol. The first-order chi connectivity index (χ1) is 8.78. The first kappa shape index (κ1) is 13.6. The van der Waals surface area contributed by atoms with Gasteiger partial charge in [0.25, 0.3) is 0 Å². The first-order valence-electron chi connectivity index (χ1n) is 5.06. The minimum absolute atomic E-state index is 0.313. The maximum absolute atomic E-state index is 10.2. The van der Waals surface area contributed by atoms with E-state index < -0.39 is 12.3 Å². The van der Waals surface area contributed by atoms with Crippen molar-refractivity contribution in [1.82, 2.24) is 0 Å². The number of nitrogens with zero attached hydrogens (tertiary/aromatic N) is 4. The fourth-order valence-corrected chi connectivity index (χ4v) is 1.95. The molecule has 0 aromatic heterocycles. The molecule has 1 aliphatic rings. The van der Waals surface area contributed by atoms with E-state index in [0.29, 0.717) is 12.8 Å². The average molecular weight is 248 g/mol. The fraction of sp³-hybridized carbons (Fsp3) is 0.600. The van der Waals surface area contributed by atoms with Gasteiger partial charge in [0.1, 0.15) is 0 Å². The largest absolute Gasteiger partial charge is 0.237 e. The molecule has 0 aromatic carbocycles. The van der Waals surface area contributed by atoms with Crippen molar-refractivity contribution in [1.29, 1.82) is 0 Å². The van der Waals surface area contributed by atoms with Gasteiger partial charge in [-0.2, -0.15) is 20.0 Å². The summed E-state index contributed by atoms with van der Waals surface area (Å²) in [7, 11) is 0. The molecule has 8 heteroatoms. The van der Waals surface area contributed by atoms with Gasteiger partial charge in [-0.15, -0.1) is 0 Å². The van der Waals surface area contributed by atoms with Crippen molar-refractivity contribution in [2.24, 2.45) is 31.8 Å². The van der Waals surface area contributed by atoms with Crippen LogP contribution in [0.1, 0.15) is 12.8 Å². The van der Waals surface area contributed by atoms with Crippen molar-refractivity contribution in [2.45, 2.75) is 25.2 Å². The van der Waals surface area contributed by atoms with Crippen molar-refractivity contribution in [3.05, 3.63) is 0 Å². The van der Waals surface area contributed by atoms with E-state index in [9.17, 15) is 19.2 Å². The van der Waals surface area contributed by atoms with Crippen LogP contribution in [-0.2, 0) is 19.2 Å². The Morgan fingerprint density at radius 2 is 0.944 bits per heavy atom. The summed E-state index contributed by atoms with van der Waals surface area (Å²) in [6, 6.07) is 0. The SMILES string of the molecule is O=C=NC(N=C=O)[C@@H]1CC[C@H]1C(N=C=O)N=C=O. The normalized spacial score (nSPS) is 23.8. The number of hydrogen-bond acceptors (Lipinski definition) is 8. The summed E-state index contributed by atoms with van der Waals surface area (Å²) in [5.74, 6) is -0.626. The summed E-state index contributed by atoms with van der Waals surface area (Å²) < 4.78 is 0. The molecule has 0 heterocycles. The van der Waals surface area contributed by atoms with Crippen LogP contribution in [-0.4, -0.2) is 36.7 Å². The van der Waals surface area contributed by atoms with Crippen molar-refractivity contribution in [2.75, 3.05) is 0 Å². The molecule has 0 amide bonds. The summed E-state index contributed by atoms with van der Waals surface area (Å²) >= 11 is 0. The Kier molecular flexibility index (Phi) is 5.26. The molecule has 0 bridgehead atoms. The minimum Gasteiger partial charge on any atom is -0.211 e. The van der Waals surface area contributed by atoms with Gasteiger partial charge in [0.05, 0.1) is 0 Å². The second kappa shape index (κ2) is 6.97. The Balaban J connectivity index is 2.91. The number of rotatable bonds is 6. The van der Waals surface area contributed by atoms with Gasteiger partial charge in [-0.05, 0) is 12.8 Å². The highest BCUT2D eigenvalue weighted by Gasteiger charge is 2.42. The average Bonchev–Trinajstić information content (AvgIpc) is 2.29. The van der Waals surface area contributed by atoms with Crippen LogP contribution in [0, 0.1) is 11.8 Å². The second-order valence-corrected chi connectivity index (χ2v) is 3.61. The van der Waals surface area contributed by atoms with Crippen LogP contribution in [0.3, 0.4) is 0 Å². The third-order valence-electron chi connectivity index (χ3n) is 2.89. The van der Waals surface area contributed by atoms with Crippen LogP contribution in [0.5, 0.6) is 0 Å². The lowest BCUT2D eigenvalue weighted by atomic mass is 9.70. The molecule has 0 spiro atoms. The molecule has 92 valence electrons. The van der Waals surface area contributed by atoms with E-state index in [4.69, 9.17) is 0 Å². The molecule has 1 rings (SSSR count). The molecule has 0 aliphatic heterocycles. The lowest BCUT2D eigenvalue weighted by Crippen LogP contribution is -2.40. The van der Waals surface area contributed by atoms with E-state index in [-0.39, 0.29) is 11.8 Å². The van der Waals surface area contributed by atoms with Gasteiger partial charge in [0.15, 0.2) is 12.3 Å². The van der Waals surface area contributed by atoms with Crippen molar-refractivity contribution in [3.63, 3.8) is 0 Å². The molecule has 8 nitrogen and oxygen atoms in total. The van der Waals surface area contributed by atoms with Gasteiger partial charge < -0.3 is 0 Å². The Morgan fingerprint density at radius 1 is 0.667 bits per heavy atom. The Labute approximate surface area is 101 Å². The van der Waals surface area contributed by atoms with E-state index in [1.165, 1.54) is 24.3 Å². The molecule has 1 saturated carbocycles. The zero-order chi connectivity index (χ0) is 13.4. The van der Waals surface area contributed by atoms with Crippen LogP contribution in [0.15, 0.2) is 20.0 Å². The molecule has 0 unspecified atom stereocenters. The van der Waals surface area contributed by atoms with Crippen LogP contribution < -0.4 is 0 Å². The van der Waals surface area contributed by atoms with E-state index in [0.717, 1.165) is 0 Å². The van der Waals surface area contributed by atoms with Gasteiger partial charge in [-0.25, -0.2) is 19.2 Å². The van der Waals surface area contributed by atoms with Crippen LogP contribution in [0.25, 0.3) is 0 Å². The minimum atomic E-state index is -0.926. The van der Waals surface area contributed by atoms with E-state index in [2.05, 4.69) is 20.0 Å². The molecule has 1 fully saturated rings. The summed E-state index contributed by atoms with van der Waals surface area (Å²) in [6.07, 6.45) is 4.63. The highest BCUT2D eigenvalue weighted by Crippen LogP contribution is 2.41. The monoisotopic (exact) mass is 248 g/mol. The topological polar surface area (TPSA) is 118 Å². The van der Waals surface area contributed by atoms with Crippen LogP contribution >= 0.6 is 0 Å². The standard InChI is InChI=1S/C10H8N4O4/c15-3-11-9(12-4-16)7-1-2-8(7)10(13-5-17)14-6-18/h7-10H,1-2H2/t7-,8-/m1/s1. The van der Waals surface area contributed by atoms with E-state index >= 15 is 0 Å². The maximum atomic E-state index is 10.2. The van der Waals surface area contributed by atoms with Gasteiger partial charge in [0, 0.05) is 11.8 Å². The van der Waals surface area contributed by atoms with Crippen molar-refractivity contribution >= 4 is 24.3 Å². The second-order valence-electron chi connectivity index (χ2n) is 3.61. The molecular formula is C10H8N4O4. The van der Waals surface area contributed by atoms with Gasteiger partial charge in [-0.1, -0.05) is 0 Å². The van der Waals surface area contributed by atoms with E-state index in [1.54, 1.807) is 0 Å². The Hall–Kier alpha value is -2.48. The first-order valence-corrected chi connectivity index (χ1v) is 5.06. The highest BCUT2D eigenvalue weighted by atomic mass is 16.1. The molecular weight excluding hydrogens is 240 g/mol. The molecule has 0 radical (unpaired) electrons. The third-order valence-corrected chi connectivity index (χ3v) is 2.89.